The Kier molecular flexibility index (Phi) is 4.67. The number of nitrogens with one attached hydrogen (secondary N) is 2. The molecule has 1 fully saturated rings. The number of likely N-dealkylation sites (N-methyl/N-ethyl adjacent to an activating group) is 1. The van der Waals surface area contributed by atoms with Crippen LogP contribution < -0.4 is 5.32 Å². The number of carbonyl (C=O) groups excluding carboxylic acids is 2. The average Bonchev–Trinajstić information content (AvgIpc) is 3.03. The van der Waals surface area contributed by atoms with Crippen LogP contribution in [0.25, 0.3) is 0 Å². The summed E-state index contributed by atoms with van der Waals surface area (Å²) in [6.45, 7) is 0.382. The Morgan fingerprint density at radius 3 is 2.85 bits per heavy atom. The fourth-order valence-corrected chi connectivity index (χ4v) is 2.29. The summed E-state index contributed by atoms with van der Waals surface area (Å²) >= 11 is 5.74. The summed E-state index contributed by atoms with van der Waals surface area (Å²) in [6.07, 6.45) is 2.47. The molecule has 1 aromatic heterocycles. The first-order chi connectivity index (χ1) is 9.47. The van der Waals surface area contributed by atoms with Gasteiger partial charge >= 0.3 is 0 Å². The van der Waals surface area contributed by atoms with Crippen LogP contribution in [-0.2, 0) is 9.53 Å². The lowest BCUT2D eigenvalue weighted by Gasteiger charge is -2.17. The molecule has 2 N–H and O–H groups in total. The van der Waals surface area contributed by atoms with E-state index in [1.165, 1.54) is 4.90 Å². The summed E-state index contributed by atoms with van der Waals surface area (Å²) in [4.78, 5) is 27.9. The molecule has 20 heavy (non-hydrogen) atoms. The van der Waals surface area contributed by atoms with Crippen molar-refractivity contribution < 1.29 is 14.3 Å². The number of aromatic amines is 1. The number of aromatic nitrogens is 1. The van der Waals surface area contributed by atoms with Gasteiger partial charge in [-0.25, -0.2) is 0 Å². The molecular formula is C13H18ClN3O3. The van der Waals surface area contributed by atoms with E-state index < -0.39 is 6.10 Å². The highest BCUT2D eigenvalue weighted by Gasteiger charge is 2.31. The maximum Gasteiger partial charge on any atom is 0.267 e. The molecule has 2 atom stereocenters. The van der Waals surface area contributed by atoms with E-state index in [4.69, 9.17) is 16.3 Å². The van der Waals surface area contributed by atoms with Crippen molar-refractivity contribution in [2.75, 3.05) is 20.6 Å². The standard InChI is InChI=1S/C13H18ClN3O3/c1-17(2)13(19)11-4-3-9(20-11)7-16-12(18)10-5-8(14)6-15-10/h5-6,9,11,15H,3-4,7H2,1-2H3,(H,16,18)/t9-,11-/m1/s1. The Labute approximate surface area is 122 Å². The fraction of sp³-hybridized carbons (Fsp3) is 0.538. The van der Waals surface area contributed by atoms with Gasteiger partial charge in [-0.1, -0.05) is 11.6 Å². The third kappa shape index (κ3) is 3.52. The van der Waals surface area contributed by atoms with Gasteiger partial charge in [-0.05, 0) is 18.9 Å². The second kappa shape index (κ2) is 6.28. The zero-order chi connectivity index (χ0) is 14.7. The smallest absolute Gasteiger partial charge is 0.267 e. The molecule has 0 spiro atoms. The number of hydrogen-bond acceptors (Lipinski definition) is 3. The van der Waals surface area contributed by atoms with Gasteiger partial charge in [0.2, 0.25) is 0 Å². The van der Waals surface area contributed by atoms with Gasteiger partial charge in [0.05, 0.1) is 11.1 Å². The molecule has 0 aliphatic carbocycles. The third-order valence-corrected chi connectivity index (χ3v) is 3.42. The summed E-state index contributed by atoms with van der Waals surface area (Å²) in [7, 11) is 3.41. The molecule has 0 bridgehead atoms. The first-order valence-corrected chi connectivity index (χ1v) is 6.84. The van der Waals surface area contributed by atoms with Gasteiger partial charge in [-0.2, -0.15) is 0 Å². The molecule has 7 heteroatoms. The molecule has 6 nitrogen and oxygen atoms in total. The predicted molar refractivity (Wildman–Crippen MR) is 74.7 cm³/mol. The number of ether oxygens (including phenoxy) is 1. The normalized spacial score (nSPS) is 21.8. The lowest BCUT2D eigenvalue weighted by molar-refractivity contribution is -0.140. The molecule has 110 valence electrons. The van der Waals surface area contributed by atoms with Crippen molar-refractivity contribution in [3.63, 3.8) is 0 Å². The molecule has 0 saturated carbocycles. The van der Waals surface area contributed by atoms with E-state index in [0.29, 0.717) is 23.7 Å². The van der Waals surface area contributed by atoms with Gasteiger partial charge in [0.15, 0.2) is 0 Å². The van der Waals surface area contributed by atoms with Gasteiger partial charge in [-0.15, -0.1) is 0 Å². The Balaban J connectivity index is 1.78. The highest BCUT2D eigenvalue weighted by Crippen LogP contribution is 2.20. The summed E-state index contributed by atoms with van der Waals surface area (Å²) in [5.41, 5.74) is 0.411. The van der Waals surface area contributed by atoms with Crippen molar-refractivity contribution >= 4 is 23.4 Å². The first-order valence-electron chi connectivity index (χ1n) is 6.46. The summed E-state index contributed by atoms with van der Waals surface area (Å²) in [5.74, 6) is -0.266. The van der Waals surface area contributed by atoms with Gasteiger partial charge < -0.3 is 19.9 Å². The molecule has 2 heterocycles. The fourth-order valence-electron chi connectivity index (χ4n) is 2.13. The molecule has 1 aliphatic rings. The molecule has 2 rings (SSSR count). The van der Waals surface area contributed by atoms with E-state index in [1.54, 1.807) is 26.4 Å². The summed E-state index contributed by atoms with van der Waals surface area (Å²) in [6, 6.07) is 1.56. The number of halogens is 1. The maximum absolute atomic E-state index is 11.8. The number of amides is 2. The van der Waals surface area contributed by atoms with Crippen LogP contribution in [0.15, 0.2) is 12.3 Å². The van der Waals surface area contributed by atoms with Crippen LogP contribution in [0, 0.1) is 0 Å². The van der Waals surface area contributed by atoms with E-state index in [2.05, 4.69) is 10.3 Å². The Morgan fingerprint density at radius 2 is 2.25 bits per heavy atom. The Bertz CT molecular complexity index is 501. The van der Waals surface area contributed by atoms with E-state index in [1.807, 2.05) is 0 Å². The van der Waals surface area contributed by atoms with Crippen LogP contribution in [0.3, 0.4) is 0 Å². The minimum atomic E-state index is -0.396. The molecular weight excluding hydrogens is 282 g/mol. The van der Waals surface area contributed by atoms with Gasteiger partial charge in [0, 0.05) is 26.8 Å². The van der Waals surface area contributed by atoms with Crippen molar-refractivity contribution in [3.8, 4) is 0 Å². The maximum atomic E-state index is 11.8. The molecule has 0 aromatic carbocycles. The van der Waals surface area contributed by atoms with Crippen LogP contribution in [0.2, 0.25) is 5.02 Å². The first kappa shape index (κ1) is 14.9. The lowest BCUT2D eigenvalue weighted by Crippen LogP contribution is -2.36. The Morgan fingerprint density at radius 1 is 1.50 bits per heavy atom. The second-order valence-electron chi connectivity index (χ2n) is 5.00. The van der Waals surface area contributed by atoms with Crippen molar-refractivity contribution in [2.45, 2.75) is 25.0 Å². The van der Waals surface area contributed by atoms with E-state index in [9.17, 15) is 9.59 Å². The number of rotatable bonds is 4. The van der Waals surface area contributed by atoms with Crippen LogP contribution >= 0.6 is 11.6 Å². The molecule has 1 aliphatic heterocycles. The van der Waals surface area contributed by atoms with Crippen LogP contribution in [0.4, 0.5) is 0 Å². The van der Waals surface area contributed by atoms with Crippen LogP contribution in [0.1, 0.15) is 23.3 Å². The molecule has 0 radical (unpaired) electrons. The zero-order valence-corrected chi connectivity index (χ0v) is 12.2. The predicted octanol–water partition coefficient (Wildman–Crippen LogP) is 1.03. The average molecular weight is 300 g/mol. The highest BCUT2D eigenvalue weighted by atomic mass is 35.5. The molecule has 1 saturated heterocycles. The monoisotopic (exact) mass is 299 g/mol. The summed E-state index contributed by atoms with van der Waals surface area (Å²) in [5, 5.41) is 3.25. The molecule has 0 unspecified atom stereocenters. The quantitative estimate of drug-likeness (QED) is 0.872. The van der Waals surface area contributed by atoms with E-state index >= 15 is 0 Å². The van der Waals surface area contributed by atoms with Crippen molar-refractivity contribution in [2.24, 2.45) is 0 Å². The number of nitrogens with zero attached hydrogens (tertiary/aromatic N) is 1. The minimum Gasteiger partial charge on any atom is -0.363 e. The largest absolute Gasteiger partial charge is 0.363 e. The van der Waals surface area contributed by atoms with E-state index in [-0.39, 0.29) is 17.9 Å². The van der Waals surface area contributed by atoms with Crippen LogP contribution in [0.5, 0.6) is 0 Å². The number of hydrogen-bond donors (Lipinski definition) is 2. The molecule has 1 aromatic rings. The SMILES string of the molecule is CN(C)C(=O)[C@H]1CC[C@H](CNC(=O)c2cc(Cl)c[nH]2)O1. The highest BCUT2D eigenvalue weighted by molar-refractivity contribution is 6.30. The lowest BCUT2D eigenvalue weighted by atomic mass is 10.2. The van der Waals surface area contributed by atoms with Crippen molar-refractivity contribution in [1.82, 2.24) is 15.2 Å². The minimum absolute atomic E-state index is 0.0324. The Hall–Kier alpha value is -1.53. The van der Waals surface area contributed by atoms with Crippen LogP contribution in [-0.4, -0.2) is 54.5 Å². The number of carbonyl (C=O) groups is 2. The molecule has 2 amide bonds. The third-order valence-electron chi connectivity index (χ3n) is 3.21. The number of H-pyrrole nitrogens is 1. The van der Waals surface area contributed by atoms with E-state index in [0.717, 1.165) is 6.42 Å². The van der Waals surface area contributed by atoms with Gasteiger partial charge in [0.1, 0.15) is 11.8 Å². The van der Waals surface area contributed by atoms with Gasteiger partial charge in [-0.3, -0.25) is 9.59 Å². The topological polar surface area (TPSA) is 74.4 Å². The van der Waals surface area contributed by atoms with Gasteiger partial charge in [0.25, 0.3) is 11.8 Å². The zero-order valence-electron chi connectivity index (χ0n) is 11.5. The van der Waals surface area contributed by atoms with Crippen molar-refractivity contribution in [3.05, 3.63) is 23.0 Å². The summed E-state index contributed by atoms with van der Waals surface area (Å²) < 4.78 is 5.63. The second-order valence-corrected chi connectivity index (χ2v) is 5.43. The van der Waals surface area contributed by atoms with Crippen molar-refractivity contribution in [1.29, 1.82) is 0 Å².